The molecule has 3 nitrogen and oxygen atoms in total. The number of unbranched alkanes of at least 4 members (excludes halogenated alkanes) is 1. The van der Waals surface area contributed by atoms with Gasteiger partial charge in [0.15, 0.2) is 0 Å². The van der Waals surface area contributed by atoms with Gasteiger partial charge in [-0.05, 0) is 48.0 Å². The number of hydrogen-bond donors (Lipinski definition) is 0. The Morgan fingerprint density at radius 1 is 1.33 bits per heavy atom. The molecule has 0 aromatic heterocycles. The van der Waals surface area contributed by atoms with Crippen LogP contribution in [0.15, 0.2) is 23.8 Å². The van der Waals surface area contributed by atoms with E-state index in [-0.39, 0.29) is 22.7 Å². The van der Waals surface area contributed by atoms with E-state index >= 15 is 0 Å². The second-order valence-electron chi connectivity index (χ2n) is 8.31. The molecule has 0 heterocycles. The molecule has 2 rings (SSSR count). The number of carbonyl (C=O) groups excluding carboxylic acids is 2. The summed E-state index contributed by atoms with van der Waals surface area (Å²) < 4.78 is 5.17. The van der Waals surface area contributed by atoms with E-state index in [1.165, 1.54) is 18.9 Å². The van der Waals surface area contributed by atoms with Gasteiger partial charge in [0, 0.05) is 12.0 Å². The van der Waals surface area contributed by atoms with Crippen molar-refractivity contribution in [1.29, 1.82) is 0 Å². The Hall–Kier alpha value is -1.38. The maximum atomic E-state index is 11.9. The maximum absolute atomic E-state index is 11.9. The van der Waals surface area contributed by atoms with Crippen LogP contribution in [0.3, 0.4) is 0 Å². The van der Waals surface area contributed by atoms with E-state index in [1.54, 1.807) is 6.08 Å². The average molecular weight is 332 g/mol. The van der Waals surface area contributed by atoms with Crippen molar-refractivity contribution in [3.05, 3.63) is 23.8 Å². The number of hydrogen-bond acceptors (Lipinski definition) is 3. The molecule has 0 aromatic rings. The summed E-state index contributed by atoms with van der Waals surface area (Å²) in [6.45, 7) is 9.45. The molecule has 0 amide bonds. The van der Waals surface area contributed by atoms with Crippen molar-refractivity contribution in [3.8, 4) is 0 Å². The van der Waals surface area contributed by atoms with Crippen LogP contribution in [-0.4, -0.2) is 18.9 Å². The summed E-state index contributed by atoms with van der Waals surface area (Å²) in [5, 5.41) is 0. The van der Waals surface area contributed by atoms with Crippen molar-refractivity contribution in [1.82, 2.24) is 0 Å². The topological polar surface area (TPSA) is 43.4 Å². The zero-order chi connectivity index (χ0) is 17.8. The lowest BCUT2D eigenvalue weighted by atomic mass is 9.49. The molecule has 1 unspecified atom stereocenters. The summed E-state index contributed by atoms with van der Waals surface area (Å²) in [7, 11) is 0. The van der Waals surface area contributed by atoms with E-state index in [2.05, 4.69) is 33.8 Å². The third-order valence-corrected chi connectivity index (χ3v) is 6.22. The molecule has 0 bridgehead atoms. The molecule has 24 heavy (non-hydrogen) atoms. The lowest BCUT2D eigenvalue weighted by Gasteiger charge is -2.55. The predicted octanol–water partition coefficient (Wildman–Crippen LogP) is 4.86. The SMILES string of the molecule is CCCCOC(=O)/C=C/C1=CCC2C(C)(C)CCC[C@]2(C)[C@H]1C=O. The fourth-order valence-electron chi connectivity index (χ4n) is 4.82. The van der Waals surface area contributed by atoms with Gasteiger partial charge in [0.2, 0.25) is 0 Å². The van der Waals surface area contributed by atoms with E-state index in [1.807, 2.05) is 0 Å². The van der Waals surface area contributed by atoms with Crippen LogP contribution in [-0.2, 0) is 14.3 Å². The van der Waals surface area contributed by atoms with Crippen LogP contribution in [0.2, 0.25) is 0 Å². The highest BCUT2D eigenvalue weighted by molar-refractivity contribution is 5.83. The number of ether oxygens (including phenoxy) is 1. The van der Waals surface area contributed by atoms with Crippen LogP contribution in [0.5, 0.6) is 0 Å². The van der Waals surface area contributed by atoms with Crippen molar-refractivity contribution in [2.45, 2.75) is 66.2 Å². The van der Waals surface area contributed by atoms with E-state index in [4.69, 9.17) is 4.74 Å². The molecule has 1 fully saturated rings. The summed E-state index contributed by atoms with van der Waals surface area (Å²) in [5.41, 5.74) is 1.23. The highest BCUT2D eigenvalue weighted by atomic mass is 16.5. The largest absolute Gasteiger partial charge is 0.463 e. The van der Waals surface area contributed by atoms with Gasteiger partial charge in [-0.25, -0.2) is 4.79 Å². The van der Waals surface area contributed by atoms with Crippen molar-refractivity contribution >= 4 is 12.3 Å². The van der Waals surface area contributed by atoms with Crippen molar-refractivity contribution in [3.63, 3.8) is 0 Å². The molecule has 0 saturated heterocycles. The van der Waals surface area contributed by atoms with Crippen molar-refractivity contribution < 1.29 is 14.3 Å². The maximum Gasteiger partial charge on any atom is 0.330 e. The molecule has 134 valence electrons. The van der Waals surface area contributed by atoms with Crippen molar-refractivity contribution in [2.24, 2.45) is 22.7 Å². The molecular formula is C21H32O3. The molecule has 2 aliphatic rings. The first kappa shape index (κ1) is 19.0. The Balaban J connectivity index is 2.15. The first-order valence-electron chi connectivity index (χ1n) is 9.35. The van der Waals surface area contributed by atoms with E-state index in [0.717, 1.165) is 37.5 Å². The molecule has 0 aromatic carbocycles. The number of rotatable bonds is 6. The van der Waals surface area contributed by atoms with Gasteiger partial charge in [-0.3, -0.25) is 0 Å². The molecule has 3 heteroatoms. The zero-order valence-electron chi connectivity index (χ0n) is 15.6. The number of esters is 1. The van der Waals surface area contributed by atoms with E-state index < -0.39 is 0 Å². The Morgan fingerprint density at radius 3 is 2.75 bits per heavy atom. The smallest absolute Gasteiger partial charge is 0.330 e. The Labute approximate surface area is 146 Å². The van der Waals surface area contributed by atoms with Gasteiger partial charge >= 0.3 is 5.97 Å². The molecule has 0 spiro atoms. The quantitative estimate of drug-likeness (QED) is 0.302. The molecule has 0 N–H and O–H groups in total. The van der Waals surface area contributed by atoms with Crippen LogP contribution in [0.1, 0.15) is 66.2 Å². The van der Waals surface area contributed by atoms with E-state index in [0.29, 0.717) is 12.5 Å². The fraction of sp³-hybridized carbons (Fsp3) is 0.714. The Kier molecular flexibility index (Phi) is 6.06. The minimum atomic E-state index is -0.315. The third-order valence-electron chi connectivity index (χ3n) is 6.22. The molecule has 0 aliphatic heterocycles. The van der Waals surface area contributed by atoms with Gasteiger partial charge < -0.3 is 9.53 Å². The Bertz CT molecular complexity index is 529. The Morgan fingerprint density at radius 2 is 2.08 bits per heavy atom. The highest BCUT2D eigenvalue weighted by Gasteiger charge is 2.52. The standard InChI is InChI=1S/C21H32O3/c1-5-6-14-24-19(23)11-9-16-8-10-18-20(2,3)12-7-13-21(18,4)17(16)15-22/h8-9,11,15,17-18H,5-7,10,12-14H2,1-4H3/b11-9+/t17-,18?,21+/m0/s1. The number of aldehydes is 1. The summed E-state index contributed by atoms with van der Waals surface area (Å²) in [4.78, 5) is 23.7. The molecule has 2 aliphatic carbocycles. The average Bonchev–Trinajstić information content (AvgIpc) is 2.51. The highest BCUT2D eigenvalue weighted by Crippen LogP contribution is 2.59. The van der Waals surface area contributed by atoms with Gasteiger partial charge in [0.05, 0.1) is 6.61 Å². The normalized spacial score (nSPS) is 32.1. The van der Waals surface area contributed by atoms with Crippen LogP contribution in [0.25, 0.3) is 0 Å². The summed E-state index contributed by atoms with van der Waals surface area (Å²) in [5.74, 6) is 0.0726. The summed E-state index contributed by atoms with van der Waals surface area (Å²) >= 11 is 0. The van der Waals surface area contributed by atoms with Crippen LogP contribution in [0, 0.1) is 22.7 Å². The zero-order valence-corrected chi connectivity index (χ0v) is 15.6. The summed E-state index contributed by atoms with van der Waals surface area (Å²) in [6, 6.07) is 0. The lowest BCUT2D eigenvalue weighted by molar-refractivity contribution is -0.137. The minimum absolute atomic E-state index is 0.00988. The monoisotopic (exact) mass is 332 g/mol. The molecular weight excluding hydrogens is 300 g/mol. The van der Waals surface area contributed by atoms with Gasteiger partial charge in [-0.15, -0.1) is 0 Å². The number of allylic oxidation sites excluding steroid dienone is 3. The molecule has 1 saturated carbocycles. The van der Waals surface area contributed by atoms with Gasteiger partial charge in [0.1, 0.15) is 6.29 Å². The van der Waals surface area contributed by atoms with Gasteiger partial charge in [0.25, 0.3) is 0 Å². The first-order valence-corrected chi connectivity index (χ1v) is 9.35. The van der Waals surface area contributed by atoms with Crippen LogP contribution < -0.4 is 0 Å². The predicted molar refractivity (Wildman–Crippen MR) is 96.5 cm³/mol. The minimum Gasteiger partial charge on any atom is -0.463 e. The molecule has 3 atom stereocenters. The molecule has 0 radical (unpaired) electrons. The van der Waals surface area contributed by atoms with Gasteiger partial charge in [-0.1, -0.05) is 52.7 Å². The van der Waals surface area contributed by atoms with Crippen molar-refractivity contribution in [2.75, 3.05) is 6.61 Å². The van der Waals surface area contributed by atoms with Crippen LogP contribution in [0.4, 0.5) is 0 Å². The van der Waals surface area contributed by atoms with Crippen LogP contribution >= 0.6 is 0 Å². The fourth-order valence-corrected chi connectivity index (χ4v) is 4.82. The van der Waals surface area contributed by atoms with Gasteiger partial charge in [-0.2, -0.15) is 0 Å². The second kappa shape index (κ2) is 7.67. The third kappa shape index (κ3) is 3.81. The first-order chi connectivity index (χ1) is 11.3. The number of fused-ring (bicyclic) bond motifs is 1. The van der Waals surface area contributed by atoms with E-state index in [9.17, 15) is 9.59 Å². The second-order valence-corrected chi connectivity index (χ2v) is 8.31. The summed E-state index contributed by atoms with van der Waals surface area (Å²) in [6.07, 6.45) is 12.9. The number of carbonyl (C=O) groups is 2. The lowest BCUT2D eigenvalue weighted by Crippen LogP contribution is -2.49.